The predicted octanol–water partition coefficient (Wildman–Crippen LogP) is 3.38. The zero-order valence-electron chi connectivity index (χ0n) is 16.3. The highest BCUT2D eigenvalue weighted by Crippen LogP contribution is 2.43. The largest absolute Gasteiger partial charge is 0.444 e. The average Bonchev–Trinajstić information content (AvgIpc) is 3.15. The second-order valence-electron chi connectivity index (χ2n) is 7.79. The van der Waals surface area contributed by atoms with Crippen molar-refractivity contribution in [3.8, 4) is 0 Å². The maximum absolute atomic E-state index is 13.1. The number of hydrogen-bond donors (Lipinski definition) is 2. The molecule has 0 aromatic heterocycles. The van der Waals surface area contributed by atoms with Crippen LogP contribution in [0.3, 0.4) is 0 Å². The summed E-state index contributed by atoms with van der Waals surface area (Å²) in [5.74, 6) is -0.726. The number of nitrogens with one attached hydrogen (secondary N) is 2. The van der Waals surface area contributed by atoms with Gasteiger partial charge in [-0.2, -0.15) is 13.2 Å². The number of rotatable bonds is 8. The Kier molecular flexibility index (Phi) is 7.14. The number of halogens is 3. The van der Waals surface area contributed by atoms with E-state index in [0.29, 0.717) is 13.0 Å². The molecule has 2 heterocycles. The fourth-order valence-corrected chi connectivity index (χ4v) is 3.06. The normalized spacial score (nSPS) is 21.2. The van der Waals surface area contributed by atoms with Crippen LogP contribution in [0.15, 0.2) is 23.3 Å². The van der Waals surface area contributed by atoms with E-state index in [2.05, 4.69) is 10.6 Å². The zero-order chi connectivity index (χ0) is 20.9. The Morgan fingerprint density at radius 2 is 1.57 bits per heavy atom. The highest BCUT2D eigenvalue weighted by molar-refractivity contribution is 5.97. The fraction of sp³-hybridized carbons (Fsp3) is 0.684. The molecule has 158 valence electrons. The molecule has 2 rings (SSSR count). The molecule has 9 heteroatoms. The van der Waals surface area contributed by atoms with E-state index in [-0.39, 0.29) is 12.1 Å². The van der Waals surface area contributed by atoms with Crippen LogP contribution in [-0.4, -0.2) is 49.1 Å². The molecule has 0 saturated heterocycles. The van der Waals surface area contributed by atoms with Gasteiger partial charge < -0.3 is 20.1 Å². The van der Waals surface area contributed by atoms with E-state index in [1.165, 1.54) is 12.2 Å². The quantitative estimate of drug-likeness (QED) is 0.480. The lowest BCUT2D eigenvalue weighted by Crippen LogP contribution is -2.33. The van der Waals surface area contributed by atoms with Gasteiger partial charge in [-0.25, -0.2) is 4.79 Å². The lowest BCUT2D eigenvalue weighted by molar-refractivity contribution is -0.119. The monoisotopic (exact) mass is 404 g/mol. The van der Waals surface area contributed by atoms with Gasteiger partial charge in [-0.3, -0.25) is 4.79 Å². The first-order chi connectivity index (χ1) is 13.0. The number of hydrogen-bond acceptors (Lipinski definition) is 4. The van der Waals surface area contributed by atoms with E-state index < -0.39 is 41.6 Å². The van der Waals surface area contributed by atoms with Gasteiger partial charge in [0.15, 0.2) is 0 Å². The summed E-state index contributed by atoms with van der Waals surface area (Å²) in [7, 11) is 0. The molecule has 0 aliphatic carbocycles. The van der Waals surface area contributed by atoms with Gasteiger partial charge in [0.1, 0.15) is 17.8 Å². The first-order valence-corrected chi connectivity index (χ1v) is 9.39. The van der Waals surface area contributed by atoms with Crippen LogP contribution in [-0.2, 0) is 14.3 Å². The lowest BCUT2D eigenvalue weighted by Gasteiger charge is -2.19. The molecule has 0 aromatic carbocycles. The molecule has 0 saturated carbocycles. The SMILES string of the molecule is CC(C)(C)OC(=O)NCCCCCCNC(=O)C1=C(C(F)(F)F)C2C=CC1O2. The summed E-state index contributed by atoms with van der Waals surface area (Å²) in [5, 5.41) is 5.20. The molecule has 2 unspecified atom stereocenters. The van der Waals surface area contributed by atoms with Crippen LogP contribution in [0.4, 0.5) is 18.0 Å². The summed E-state index contributed by atoms with van der Waals surface area (Å²) in [5.41, 5.74) is -1.77. The minimum absolute atomic E-state index is 0.286. The predicted molar refractivity (Wildman–Crippen MR) is 96.6 cm³/mol. The summed E-state index contributed by atoms with van der Waals surface area (Å²) in [6.07, 6.45) is -1.35. The van der Waals surface area contributed by atoms with Crippen molar-refractivity contribution < 1.29 is 32.2 Å². The Morgan fingerprint density at radius 3 is 2.14 bits per heavy atom. The van der Waals surface area contributed by atoms with Crippen molar-refractivity contribution in [1.29, 1.82) is 0 Å². The van der Waals surface area contributed by atoms with Gasteiger partial charge in [0.2, 0.25) is 0 Å². The van der Waals surface area contributed by atoms with Gasteiger partial charge >= 0.3 is 12.3 Å². The van der Waals surface area contributed by atoms with Gasteiger partial charge in [0, 0.05) is 13.1 Å². The smallest absolute Gasteiger partial charge is 0.416 e. The molecule has 28 heavy (non-hydrogen) atoms. The summed E-state index contributed by atoms with van der Waals surface area (Å²) in [4.78, 5) is 23.6. The molecule has 0 aromatic rings. The maximum Gasteiger partial charge on any atom is 0.416 e. The summed E-state index contributed by atoms with van der Waals surface area (Å²) < 4.78 is 49.7. The molecular formula is C19H27F3N2O4. The van der Waals surface area contributed by atoms with E-state index in [1.807, 2.05) is 0 Å². The molecule has 2 aliphatic heterocycles. The Labute approximate surface area is 162 Å². The first kappa shape index (κ1) is 22.3. The number of alkyl halides is 3. The molecule has 6 nitrogen and oxygen atoms in total. The fourth-order valence-electron chi connectivity index (χ4n) is 3.06. The summed E-state index contributed by atoms with van der Waals surface area (Å²) in [6.45, 7) is 6.12. The second-order valence-corrected chi connectivity index (χ2v) is 7.79. The molecule has 0 spiro atoms. The molecule has 2 amide bonds. The number of carbonyl (C=O) groups excluding carboxylic acids is 2. The van der Waals surface area contributed by atoms with Crippen molar-refractivity contribution in [3.63, 3.8) is 0 Å². The van der Waals surface area contributed by atoms with Crippen molar-refractivity contribution in [1.82, 2.24) is 10.6 Å². The molecule has 2 atom stereocenters. The Morgan fingerprint density at radius 1 is 1.00 bits per heavy atom. The molecule has 2 aliphatic rings. The number of ether oxygens (including phenoxy) is 2. The van der Waals surface area contributed by atoms with Crippen LogP contribution in [0.25, 0.3) is 0 Å². The molecule has 2 N–H and O–H groups in total. The lowest BCUT2D eigenvalue weighted by atomic mass is 9.96. The van der Waals surface area contributed by atoms with Crippen molar-refractivity contribution in [2.45, 2.75) is 70.4 Å². The van der Waals surface area contributed by atoms with Crippen LogP contribution in [0, 0.1) is 0 Å². The third kappa shape index (κ3) is 6.25. The number of carbonyl (C=O) groups is 2. The van der Waals surface area contributed by atoms with Gasteiger partial charge in [0.05, 0.1) is 11.1 Å². The average molecular weight is 404 g/mol. The van der Waals surface area contributed by atoms with Gasteiger partial charge in [-0.05, 0) is 33.6 Å². The van der Waals surface area contributed by atoms with E-state index in [9.17, 15) is 22.8 Å². The summed E-state index contributed by atoms with van der Waals surface area (Å²) in [6, 6.07) is 0. The van der Waals surface area contributed by atoms with E-state index >= 15 is 0 Å². The van der Waals surface area contributed by atoms with Gasteiger partial charge in [0.25, 0.3) is 5.91 Å². The third-order valence-electron chi connectivity index (χ3n) is 4.22. The van der Waals surface area contributed by atoms with Crippen molar-refractivity contribution in [3.05, 3.63) is 23.3 Å². The molecule has 0 fully saturated rings. The van der Waals surface area contributed by atoms with Gasteiger partial charge in [-0.15, -0.1) is 0 Å². The molecular weight excluding hydrogens is 377 g/mol. The number of amides is 2. The first-order valence-electron chi connectivity index (χ1n) is 9.39. The highest BCUT2D eigenvalue weighted by Gasteiger charge is 2.51. The highest BCUT2D eigenvalue weighted by atomic mass is 19.4. The maximum atomic E-state index is 13.1. The van der Waals surface area contributed by atoms with E-state index in [4.69, 9.17) is 9.47 Å². The van der Waals surface area contributed by atoms with Gasteiger partial charge in [-0.1, -0.05) is 25.0 Å². The minimum atomic E-state index is -4.59. The third-order valence-corrected chi connectivity index (χ3v) is 4.22. The van der Waals surface area contributed by atoms with Crippen LogP contribution in [0.5, 0.6) is 0 Å². The minimum Gasteiger partial charge on any atom is -0.444 e. The van der Waals surface area contributed by atoms with Crippen LogP contribution in [0.2, 0.25) is 0 Å². The Balaban J connectivity index is 1.62. The van der Waals surface area contributed by atoms with E-state index in [1.54, 1.807) is 20.8 Å². The van der Waals surface area contributed by atoms with Crippen LogP contribution in [0.1, 0.15) is 46.5 Å². The Bertz CT molecular complexity index is 651. The van der Waals surface area contributed by atoms with E-state index in [0.717, 1.165) is 19.3 Å². The summed E-state index contributed by atoms with van der Waals surface area (Å²) >= 11 is 0. The zero-order valence-corrected chi connectivity index (χ0v) is 16.3. The van der Waals surface area contributed by atoms with Crippen LogP contribution < -0.4 is 10.6 Å². The standard InChI is InChI=1S/C19H27F3N2O4/c1-18(2,3)28-17(26)24-11-7-5-4-6-10-23-16(25)14-12-8-9-13(27-12)15(14)19(20,21)22/h8-9,12-13H,4-7,10-11H2,1-3H3,(H,23,25)(H,24,26). The topological polar surface area (TPSA) is 76.7 Å². The van der Waals surface area contributed by atoms with Crippen LogP contribution >= 0.6 is 0 Å². The number of unbranched alkanes of at least 4 members (excludes halogenated alkanes) is 3. The van der Waals surface area contributed by atoms with Crippen molar-refractivity contribution in [2.24, 2.45) is 0 Å². The van der Waals surface area contributed by atoms with Crippen molar-refractivity contribution >= 4 is 12.0 Å². The second kappa shape index (κ2) is 8.98. The molecule has 0 radical (unpaired) electrons. The number of fused-ring (bicyclic) bond motifs is 2. The van der Waals surface area contributed by atoms with Crippen molar-refractivity contribution in [2.75, 3.05) is 13.1 Å². The number of alkyl carbamates (subject to hydrolysis) is 1. The molecule has 2 bridgehead atoms. The Hall–Kier alpha value is -2.03.